The van der Waals surface area contributed by atoms with Crippen LogP contribution in [0.4, 0.5) is 0 Å². The summed E-state index contributed by atoms with van der Waals surface area (Å²) >= 11 is 1.34. The minimum absolute atomic E-state index is 0.0827. The molecule has 0 radical (unpaired) electrons. The van der Waals surface area contributed by atoms with E-state index in [2.05, 4.69) is 20.8 Å². The summed E-state index contributed by atoms with van der Waals surface area (Å²) in [6.45, 7) is 0.347. The maximum atomic E-state index is 11.8. The van der Waals surface area contributed by atoms with Crippen molar-refractivity contribution in [2.75, 3.05) is 12.3 Å². The van der Waals surface area contributed by atoms with Gasteiger partial charge >= 0.3 is 0 Å². The van der Waals surface area contributed by atoms with E-state index in [1.54, 1.807) is 4.68 Å². The molecule has 1 amide bonds. The first-order valence-corrected chi connectivity index (χ1v) is 8.05. The molecule has 8 heteroatoms. The van der Waals surface area contributed by atoms with Crippen LogP contribution < -0.4 is 5.32 Å². The van der Waals surface area contributed by atoms with Crippen molar-refractivity contribution in [3.05, 3.63) is 0 Å². The highest BCUT2D eigenvalue weighted by atomic mass is 32.2. The lowest BCUT2D eigenvalue weighted by Gasteiger charge is -2.22. The highest BCUT2D eigenvalue weighted by molar-refractivity contribution is 7.99. The lowest BCUT2D eigenvalue weighted by molar-refractivity contribution is -0.119. The zero-order chi connectivity index (χ0) is 14.0. The van der Waals surface area contributed by atoms with E-state index in [4.69, 9.17) is 0 Å². The molecule has 0 bridgehead atoms. The van der Waals surface area contributed by atoms with Crippen LogP contribution in [0.5, 0.6) is 0 Å². The molecule has 2 saturated carbocycles. The van der Waals surface area contributed by atoms with Gasteiger partial charge in [0.2, 0.25) is 11.1 Å². The smallest absolute Gasteiger partial charge is 0.230 e. The molecule has 0 spiro atoms. The third-order valence-corrected chi connectivity index (χ3v) is 4.77. The Labute approximate surface area is 121 Å². The van der Waals surface area contributed by atoms with Crippen molar-refractivity contribution in [2.45, 2.75) is 55.3 Å². The topological polar surface area (TPSA) is 92.9 Å². The van der Waals surface area contributed by atoms with Gasteiger partial charge in [-0.25, -0.2) is 4.68 Å². The maximum Gasteiger partial charge on any atom is 0.230 e. The van der Waals surface area contributed by atoms with Crippen LogP contribution in [0.1, 0.15) is 44.6 Å². The van der Waals surface area contributed by atoms with E-state index in [0.717, 1.165) is 38.5 Å². The van der Waals surface area contributed by atoms with Crippen LogP contribution in [0.2, 0.25) is 0 Å². The van der Waals surface area contributed by atoms with E-state index >= 15 is 0 Å². The fourth-order valence-corrected chi connectivity index (χ4v) is 3.26. The molecular weight excluding hydrogens is 278 g/mol. The van der Waals surface area contributed by atoms with E-state index in [-0.39, 0.29) is 11.7 Å². The highest BCUT2D eigenvalue weighted by Crippen LogP contribution is 2.36. The van der Waals surface area contributed by atoms with Gasteiger partial charge in [0.15, 0.2) is 0 Å². The number of rotatable bonds is 6. The van der Waals surface area contributed by atoms with Crippen LogP contribution in [-0.4, -0.2) is 49.1 Å². The van der Waals surface area contributed by atoms with Crippen molar-refractivity contribution in [1.82, 2.24) is 25.5 Å². The standard InChI is InChI=1S/C12H19N5O2S/c18-10(13-8-12(19)5-1-2-6-12)7-20-11-14-15-16-17(11)9-3-4-9/h9,19H,1-8H2,(H,13,18). The van der Waals surface area contributed by atoms with Gasteiger partial charge in [-0.2, -0.15) is 0 Å². The quantitative estimate of drug-likeness (QED) is 0.744. The fraction of sp³-hybridized carbons (Fsp3) is 0.833. The third kappa shape index (κ3) is 3.29. The molecule has 20 heavy (non-hydrogen) atoms. The molecule has 2 fully saturated rings. The molecule has 0 atom stereocenters. The van der Waals surface area contributed by atoms with E-state index in [1.165, 1.54) is 11.8 Å². The number of nitrogens with zero attached hydrogens (tertiary/aromatic N) is 4. The Hall–Kier alpha value is -1.15. The van der Waals surface area contributed by atoms with Crippen LogP contribution in [-0.2, 0) is 4.79 Å². The van der Waals surface area contributed by atoms with Crippen LogP contribution in [0.3, 0.4) is 0 Å². The Bertz CT molecular complexity index is 482. The number of thioether (sulfide) groups is 1. The van der Waals surface area contributed by atoms with Crippen LogP contribution >= 0.6 is 11.8 Å². The molecule has 2 N–H and O–H groups in total. The Morgan fingerprint density at radius 2 is 2.20 bits per heavy atom. The monoisotopic (exact) mass is 297 g/mol. The summed E-state index contributed by atoms with van der Waals surface area (Å²) < 4.78 is 1.79. The summed E-state index contributed by atoms with van der Waals surface area (Å²) in [6, 6.07) is 0.412. The van der Waals surface area contributed by atoms with Gasteiger partial charge in [0.25, 0.3) is 0 Å². The fourth-order valence-electron chi connectivity index (χ4n) is 2.48. The SMILES string of the molecule is O=C(CSc1nnnn1C1CC1)NCC1(O)CCCC1. The molecule has 0 unspecified atom stereocenters. The zero-order valence-electron chi connectivity index (χ0n) is 11.3. The van der Waals surface area contributed by atoms with Gasteiger partial charge < -0.3 is 10.4 Å². The summed E-state index contributed by atoms with van der Waals surface area (Å²) in [7, 11) is 0. The van der Waals surface area contributed by atoms with Crippen molar-refractivity contribution in [1.29, 1.82) is 0 Å². The predicted molar refractivity (Wildman–Crippen MR) is 73.2 cm³/mol. The molecule has 7 nitrogen and oxygen atoms in total. The number of carbonyl (C=O) groups excluding carboxylic acids is 1. The lowest BCUT2D eigenvalue weighted by Crippen LogP contribution is -2.41. The Morgan fingerprint density at radius 3 is 2.90 bits per heavy atom. The van der Waals surface area contributed by atoms with Gasteiger partial charge in [0.1, 0.15) is 0 Å². The molecule has 0 aromatic carbocycles. The lowest BCUT2D eigenvalue weighted by atomic mass is 10.0. The maximum absolute atomic E-state index is 11.8. The number of aliphatic hydroxyl groups is 1. The molecule has 1 aromatic heterocycles. The molecule has 0 saturated heterocycles. The normalized spacial score (nSPS) is 21.1. The first-order chi connectivity index (χ1) is 9.66. The van der Waals surface area contributed by atoms with E-state index < -0.39 is 5.60 Å². The molecule has 0 aliphatic heterocycles. The summed E-state index contributed by atoms with van der Waals surface area (Å²) in [4.78, 5) is 11.8. The van der Waals surface area contributed by atoms with Gasteiger partial charge in [-0.1, -0.05) is 24.6 Å². The minimum atomic E-state index is -0.698. The second kappa shape index (κ2) is 5.69. The van der Waals surface area contributed by atoms with Gasteiger partial charge in [-0.05, 0) is 36.1 Å². The predicted octanol–water partition coefficient (Wildman–Crippen LogP) is 0.521. The van der Waals surface area contributed by atoms with Gasteiger partial charge in [0, 0.05) is 6.54 Å². The number of hydrogen-bond acceptors (Lipinski definition) is 6. The molecule has 2 aliphatic carbocycles. The summed E-state index contributed by atoms with van der Waals surface area (Å²) in [5, 5.41) is 25.2. The van der Waals surface area contributed by atoms with Gasteiger partial charge in [-0.15, -0.1) is 5.10 Å². The average molecular weight is 297 g/mol. The van der Waals surface area contributed by atoms with Crippen LogP contribution in [0, 0.1) is 0 Å². The number of amides is 1. The summed E-state index contributed by atoms with van der Waals surface area (Å²) in [5.41, 5.74) is -0.698. The van der Waals surface area contributed by atoms with Crippen molar-refractivity contribution in [2.24, 2.45) is 0 Å². The van der Waals surface area contributed by atoms with E-state index in [9.17, 15) is 9.90 Å². The Kier molecular flexibility index (Phi) is 3.93. The second-order valence-corrected chi connectivity index (χ2v) is 6.58. The first-order valence-electron chi connectivity index (χ1n) is 7.06. The number of tetrazole rings is 1. The van der Waals surface area contributed by atoms with Gasteiger partial charge in [-0.3, -0.25) is 4.79 Å². The van der Waals surface area contributed by atoms with E-state index in [1.807, 2.05) is 0 Å². The van der Waals surface area contributed by atoms with Crippen LogP contribution in [0.15, 0.2) is 5.16 Å². The largest absolute Gasteiger partial charge is 0.388 e. The molecule has 2 aliphatic rings. The van der Waals surface area contributed by atoms with E-state index in [0.29, 0.717) is 17.7 Å². The molecule has 3 rings (SSSR count). The highest BCUT2D eigenvalue weighted by Gasteiger charge is 2.31. The molecular formula is C12H19N5O2S. The first kappa shape index (κ1) is 13.8. The van der Waals surface area contributed by atoms with Crippen molar-refractivity contribution in [3.8, 4) is 0 Å². The molecule has 1 aromatic rings. The number of carbonyl (C=O) groups is 1. The van der Waals surface area contributed by atoms with Crippen molar-refractivity contribution >= 4 is 17.7 Å². The average Bonchev–Trinajstić information content (AvgIpc) is 3.01. The summed E-state index contributed by atoms with van der Waals surface area (Å²) in [6.07, 6.45) is 5.85. The molecule has 110 valence electrons. The third-order valence-electron chi connectivity index (χ3n) is 3.84. The van der Waals surface area contributed by atoms with Crippen LogP contribution in [0.25, 0.3) is 0 Å². The second-order valence-electron chi connectivity index (χ2n) is 5.63. The number of aromatic nitrogens is 4. The Morgan fingerprint density at radius 1 is 1.45 bits per heavy atom. The molecule has 1 heterocycles. The minimum Gasteiger partial charge on any atom is -0.388 e. The van der Waals surface area contributed by atoms with Crippen molar-refractivity contribution in [3.63, 3.8) is 0 Å². The number of nitrogens with one attached hydrogen (secondary N) is 1. The Balaban J connectivity index is 1.43. The van der Waals surface area contributed by atoms with Crippen molar-refractivity contribution < 1.29 is 9.90 Å². The zero-order valence-corrected chi connectivity index (χ0v) is 12.1. The summed E-state index contributed by atoms with van der Waals surface area (Å²) in [5.74, 6) is 0.198. The van der Waals surface area contributed by atoms with Gasteiger partial charge in [0.05, 0.1) is 17.4 Å². The number of hydrogen-bond donors (Lipinski definition) is 2.